The Kier molecular flexibility index (Phi) is 6.95. The van der Waals surface area contributed by atoms with Crippen LogP contribution in [-0.4, -0.2) is 57.2 Å². The van der Waals surface area contributed by atoms with E-state index in [4.69, 9.17) is 21.1 Å². The van der Waals surface area contributed by atoms with Crippen molar-refractivity contribution in [3.8, 4) is 11.5 Å². The summed E-state index contributed by atoms with van der Waals surface area (Å²) < 4.78 is 11.4. The van der Waals surface area contributed by atoms with Crippen molar-refractivity contribution < 1.29 is 14.3 Å². The average Bonchev–Trinajstić information content (AvgIpc) is 3.15. The molecule has 0 bridgehead atoms. The van der Waals surface area contributed by atoms with E-state index in [9.17, 15) is 4.79 Å². The van der Waals surface area contributed by atoms with Crippen molar-refractivity contribution in [2.75, 3.05) is 46.3 Å². The van der Waals surface area contributed by atoms with Gasteiger partial charge >= 0.3 is 0 Å². The van der Waals surface area contributed by atoms with Crippen molar-refractivity contribution >= 4 is 44.2 Å². The van der Waals surface area contributed by atoms with Gasteiger partial charge in [-0.25, -0.2) is 4.98 Å². The highest BCUT2D eigenvalue weighted by Crippen LogP contribution is 2.38. The highest BCUT2D eigenvalue weighted by molar-refractivity contribution is 7.23. The molecule has 0 atom stereocenters. The van der Waals surface area contributed by atoms with Gasteiger partial charge in [0, 0.05) is 13.1 Å². The van der Waals surface area contributed by atoms with Crippen molar-refractivity contribution in [1.82, 2.24) is 9.88 Å². The molecule has 154 valence electrons. The van der Waals surface area contributed by atoms with Gasteiger partial charge in [0.15, 0.2) is 5.13 Å². The van der Waals surface area contributed by atoms with Gasteiger partial charge in [-0.15, -0.1) is 0 Å². The van der Waals surface area contributed by atoms with Crippen LogP contribution in [0.4, 0.5) is 5.13 Å². The number of fused-ring (bicyclic) bond motifs is 1. The highest BCUT2D eigenvalue weighted by atomic mass is 35.5. The predicted molar refractivity (Wildman–Crippen MR) is 119 cm³/mol. The fourth-order valence-corrected chi connectivity index (χ4v) is 4.16. The molecule has 0 aliphatic carbocycles. The molecule has 0 N–H and O–H groups in total. The van der Waals surface area contributed by atoms with Crippen LogP contribution in [0.5, 0.6) is 11.5 Å². The second-order valence-electron chi connectivity index (χ2n) is 6.80. The molecule has 0 radical (unpaired) electrons. The molecule has 2 aromatic carbocycles. The first-order chi connectivity index (χ1) is 13.9. The molecule has 0 aliphatic heterocycles. The Labute approximate surface area is 179 Å². The summed E-state index contributed by atoms with van der Waals surface area (Å²) in [6.45, 7) is 1.25. The van der Waals surface area contributed by atoms with Crippen LogP contribution in [0.2, 0.25) is 5.02 Å². The van der Waals surface area contributed by atoms with Gasteiger partial charge in [-0.3, -0.25) is 9.69 Å². The van der Waals surface area contributed by atoms with E-state index in [1.54, 1.807) is 31.3 Å². The number of likely N-dealkylation sites (N-methyl/N-ethyl adjacent to an activating group) is 1. The molecule has 0 saturated carbocycles. The van der Waals surface area contributed by atoms with Crippen LogP contribution in [0, 0.1) is 0 Å². The molecular weight excluding hydrogens is 410 g/mol. The van der Waals surface area contributed by atoms with E-state index in [1.165, 1.54) is 11.3 Å². The molecular formula is C21H24ClN3O3S. The van der Waals surface area contributed by atoms with E-state index in [-0.39, 0.29) is 12.3 Å². The second-order valence-corrected chi connectivity index (χ2v) is 8.18. The Morgan fingerprint density at radius 1 is 1.07 bits per heavy atom. The first-order valence-corrected chi connectivity index (χ1v) is 10.3. The lowest BCUT2D eigenvalue weighted by Gasteiger charge is -2.22. The molecule has 0 spiro atoms. The van der Waals surface area contributed by atoms with Gasteiger partial charge in [0.25, 0.3) is 0 Å². The maximum Gasteiger partial charge on any atom is 0.233 e. The molecule has 0 saturated heterocycles. The third-order valence-corrected chi connectivity index (χ3v) is 6.02. The lowest BCUT2D eigenvalue weighted by atomic mass is 10.1. The fraction of sp³-hybridized carbons (Fsp3) is 0.333. The Hall–Kier alpha value is -2.35. The van der Waals surface area contributed by atoms with Gasteiger partial charge in [0.2, 0.25) is 5.91 Å². The molecule has 3 aromatic rings. The summed E-state index contributed by atoms with van der Waals surface area (Å²) in [5.41, 5.74) is 1.59. The van der Waals surface area contributed by atoms with E-state index < -0.39 is 0 Å². The number of carbonyl (C=O) groups is 1. The molecule has 3 rings (SSSR count). The summed E-state index contributed by atoms with van der Waals surface area (Å²) in [4.78, 5) is 21.6. The third-order valence-electron chi connectivity index (χ3n) is 4.48. The number of anilines is 1. The minimum absolute atomic E-state index is 0.0221. The topological polar surface area (TPSA) is 54.9 Å². The molecule has 1 aromatic heterocycles. The number of methoxy groups -OCH3 is 2. The number of ether oxygens (including phenoxy) is 2. The summed E-state index contributed by atoms with van der Waals surface area (Å²) in [5, 5.41) is 1.21. The molecule has 1 heterocycles. The molecule has 0 unspecified atom stereocenters. The van der Waals surface area contributed by atoms with Crippen LogP contribution < -0.4 is 14.4 Å². The molecule has 0 aliphatic rings. The van der Waals surface area contributed by atoms with Crippen molar-refractivity contribution in [1.29, 1.82) is 0 Å². The zero-order valence-electron chi connectivity index (χ0n) is 16.9. The Bertz CT molecular complexity index is 989. The maximum atomic E-state index is 13.2. The van der Waals surface area contributed by atoms with Crippen molar-refractivity contribution in [2.45, 2.75) is 6.42 Å². The number of benzene rings is 2. The number of carbonyl (C=O) groups excluding carboxylic acids is 1. The van der Waals surface area contributed by atoms with Crippen LogP contribution >= 0.6 is 22.9 Å². The van der Waals surface area contributed by atoms with E-state index in [2.05, 4.69) is 4.98 Å². The summed E-state index contributed by atoms with van der Waals surface area (Å²) in [6, 6.07) is 11.1. The second kappa shape index (κ2) is 9.43. The normalized spacial score (nSPS) is 11.1. The quantitative estimate of drug-likeness (QED) is 0.535. The van der Waals surface area contributed by atoms with Gasteiger partial charge < -0.3 is 14.4 Å². The largest absolute Gasteiger partial charge is 0.497 e. The average molecular weight is 434 g/mol. The van der Waals surface area contributed by atoms with Crippen molar-refractivity contribution in [2.24, 2.45) is 0 Å². The van der Waals surface area contributed by atoms with Crippen molar-refractivity contribution in [3.05, 3.63) is 47.0 Å². The standard InChI is InChI=1S/C21H24ClN3O3S/c1-24(2)11-12-25(18(26)13-14-5-7-15(27-3)8-6-14)21-23-19-17(28-4)10-9-16(22)20(19)29-21/h5-10H,11-13H2,1-4H3. The van der Waals surface area contributed by atoms with Crippen molar-refractivity contribution in [3.63, 3.8) is 0 Å². The number of thiazole rings is 1. The lowest BCUT2D eigenvalue weighted by Crippen LogP contribution is -2.37. The SMILES string of the molecule is COc1ccc(CC(=O)N(CCN(C)C)c2nc3c(OC)ccc(Cl)c3s2)cc1. The first kappa shape index (κ1) is 21.4. The summed E-state index contributed by atoms with van der Waals surface area (Å²) in [6.07, 6.45) is 0.276. The van der Waals surface area contributed by atoms with Crippen LogP contribution in [0.3, 0.4) is 0 Å². The number of hydrogen-bond donors (Lipinski definition) is 0. The Morgan fingerprint density at radius 2 is 1.79 bits per heavy atom. The zero-order valence-corrected chi connectivity index (χ0v) is 18.5. The molecule has 1 amide bonds. The third kappa shape index (κ3) is 4.98. The van der Waals surface area contributed by atoms with Gasteiger partial charge in [0.1, 0.15) is 17.0 Å². The number of nitrogens with zero attached hydrogens (tertiary/aromatic N) is 3. The van der Waals surface area contributed by atoms with E-state index in [0.29, 0.717) is 28.0 Å². The molecule has 6 nitrogen and oxygen atoms in total. The first-order valence-electron chi connectivity index (χ1n) is 9.14. The van der Waals surface area contributed by atoms with Gasteiger partial charge in [0.05, 0.1) is 30.4 Å². The number of halogens is 1. The van der Waals surface area contributed by atoms with E-state index in [0.717, 1.165) is 22.6 Å². The van der Waals surface area contributed by atoms with Crippen LogP contribution in [0.25, 0.3) is 10.2 Å². The Balaban J connectivity index is 1.92. The lowest BCUT2D eigenvalue weighted by molar-refractivity contribution is -0.118. The van der Waals surface area contributed by atoms with Gasteiger partial charge in [-0.2, -0.15) is 0 Å². The van der Waals surface area contributed by atoms with Gasteiger partial charge in [-0.1, -0.05) is 35.1 Å². The minimum atomic E-state index is -0.0221. The highest BCUT2D eigenvalue weighted by Gasteiger charge is 2.22. The zero-order chi connectivity index (χ0) is 21.0. The summed E-state index contributed by atoms with van der Waals surface area (Å²) in [5.74, 6) is 1.38. The molecule has 8 heteroatoms. The molecule has 29 heavy (non-hydrogen) atoms. The Morgan fingerprint density at radius 3 is 2.41 bits per heavy atom. The number of amides is 1. The predicted octanol–water partition coefficient (Wildman–Crippen LogP) is 4.10. The number of hydrogen-bond acceptors (Lipinski definition) is 6. The smallest absolute Gasteiger partial charge is 0.233 e. The van der Waals surface area contributed by atoms with Crippen LogP contribution in [-0.2, 0) is 11.2 Å². The number of rotatable bonds is 8. The van der Waals surface area contributed by atoms with E-state index >= 15 is 0 Å². The van der Waals surface area contributed by atoms with Crippen LogP contribution in [0.15, 0.2) is 36.4 Å². The van der Waals surface area contributed by atoms with E-state index in [1.807, 2.05) is 43.3 Å². The van der Waals surface area contributed by atoms with Gasteiger partial charge in [-0.05, 0) is 43.9 Å². The summed E-state index contributed by atoms with van der Waals surface area (Å²) >= 11 is 7.76. The minimum Gasteiger partial charge on any atom is -0.497 e. The fourth-order valence-electron chi connectivity index (χ4n) is 2.86. The number of aromatic nitrogens is 1. The van der Waals surface area contributed by atoms with Crippen LogP contribution in [0.1, 0.15) is 5.56 Å². The maximum absolute atomic E-state index is 13.2. The molecule has 0 fully saturated rings. The monoisotopic (exact) mass is 433 g/mol. The summed E-state index contributed by atoms with van der Waals surface area (Å²) in [7, 11) is 7.17.